The molecule has 0 aromatic heterocycles. The zero-order chi connectivity index (χ0) is 17.4. The second-order valence-corrected chi connectivity index (χ2v) is 6.75. The van der Waals surface area contributed by atoms with Crippen LogP contribution in [0.2, 0.25) is 0 Å². The molecule has 2 saturated heterocycles. The Hall–Kier alpha value is -2.28. The minimum atomic E-state index is -0.879. The zero-order valence-corrected chi connectivity index (χ0v) is 13.8. The third-order valence-corrected chi connectivity index (χ3v) is 5.31. The summed E-state index contributed by atoms with van der Waals surface area (Å²) in [6, 6.07) is 5.35. The maximum absolute atomic E-state index is 12.8. The summed E-state index contributed by atoms with van der Waals surface area (Å²) in [6.07, 6.45) is 2.34. The van der Waals surface area contributed by atoms with Crippen LogP contribution in [0.5, 0.6) is 11.5 Å². The molecule has 3 heterocycles. The van der Waals surface area contributed by atoms with Crippen molar-refractivity contribution in [3.05, 3.63) is 23.8 Å². The van der Waals surface area contributed by atoms with Crippen LogP contribution < -0.4 is 9.47 Å². The molecule has 0 unspecified atom stereocenters. The number of piperidine rings is 1. The standard InChI is InChI=1S/C18H21NO6/c20-17(12-2-1-3-14-16(12)24-10-23-14)19-8-6-11(7-9-19)13-4-5-15(25-13)18(21)22/h1-3,11,13,15H,4-10H2,(H,21,22)/t13-,15+/m0/s1. The number of rotatable bonds is 3. The van der Waals surface area contributed by atoms with Crippen molar-refractivity contribution in [3.63, 3.8) is 0 Å². The average Bonchev–Trinajstić information content (AvgIpc) is 3.30. The van der Waals surface area contributed by atoms with E-state index in [4.69, 9.17) is 19.3 Å². The molecule has 7 heteroatoms. The number of carboxylic acids is 1. The van der Waals surface area contributed by atoms with E-state index in [0.717, 1.165) is 19.3 Å². The molecule has 2 atom stereocenters. The molecule has 1 aromatic rings. The zero-order valence-electron chi connectivity index (χ0n) is 13.8. The summed E-state index contributed by atoms with van der Waals surface area (Å²) < 4.78 is 16.4. The molecule has 3 aliphatic heterocycles. The monoisotopic (exact) mass is 347 g/mol. The van der Waals surface area contributed by atoms with Crippen LogP contribution in [0, 0.1) is 5.92 Å². The maximum Gasteiger partial charge on any atom is 0.332 e. The van der Waals surface area contributed by atoms with E-state index in [2.05, 4.69) is 0 Å². The summed E-state index contributed by atoms with van der Waals surface area (Å²) in [5.74, 6) is 0.527. The normalized spacial score (nSPS) is 26.0. The molecule has 0 aliphatic carbocycles. The van der Waals surface area contributed by atoms with Crippen LogP contribution in [0.3, 0.4) is 0 Å². The van der Waals surface area contributed by atoms with Gasteiger partial charge in [0.25, 0.3) is 5.91 Å². The fourth-order valence-electron chi connectivity index (χ4n) is 3.93. The first-order chi connectivity index (χ1) is 12.1. The molecular weight excluding hydrogens is 326 g/mol. The Balaban J connectivity index is 1.37. The van der Waals surface area contributed by atoms with Gasteiger partial charge < -0.3 is 24.2 Å². The van der Waals surface area contributed by atoms with Crippen molar-refractivity contribution in [3.8, 4) is 11.5 Å². The lowest BCUT2D eigenvalue weighted by Crippen LogP contribution is -2.41. The number of hydrogen-bond donors (Lipinski definition) is 1. The van der Waals surface area contributed by atoms with Crippen molar-refractivity contribution in [1.29, 1.82) is 0 Å². The molecule has 1 amide bonds. The van der Waals surface area contributed by atoms with Crippen molar-refractivity contribution < 1.29 is 28.9 Å². The van der Waals surface area contributed by atoms with E-state index in [-0.39, 0.29) is 18.8 Å². The molecular formula is C18H21NO6. The molecule has 0 bridgehead atoms. The molecule has 1 aromatic carbocycles. The van der Waals surface area contributed by atoms with Gasteiger partial charge in [0.15, 0.2) is 17.6 Å². The third-order valence-electron chi connectivity index (χ3n) is 5.31. The number of aliphatic carboxylic acids is 1. The first-order valence-corrected chi connectivity index (χ1v) is 8.69. The Labute approximate surface area is 145 Å². The number of carbonyl (C=O) groups is 2. The van der Waals surface area contributed by atoms with Crippen molar-refractivity contribution in [2.75, 3.05) is 19.9 Å². The highest BCUT2D eigenvalue weighted by Crippen LogP contribution is 2.37. The summed E-state index contributed by atoms with van der Waals surface area (Å²) in [6.45, 7) is 1.43. The second kappa shape index (κ2) is 6.55. The molecule has 2 fully saturated rings. The minimum Gasteiger partial charge on any atom is -0.479 e. The van der Waals surface area contributed by atoms with Crippen LogP contribution in [0.1, 0.15) is 36.0 Å². The molecule has 4 rings (SSSR count). The number of nitrogens with zero attached hydrogens (tertiary/aromatic N) is 1. The van der Waals surface area contributed by atoms with Crippen LogP contribution in [-0.2, 0) is 9.53 Å². The van der Waals surface area contributed by atoms with Crippen molar-refractivity contribution in [1.82, 2.24) is 4.90 Å². The van der Waals surface area contributed by atoms with Gasteiger partial charge in [0.1, 0.15) is 0 Å². The number of para-hydroxylation sites is 1. The number of hydrogen-bond acceptors (Lipinski definition) is 5. The van der Waals surface area contributed by atoms with E-state index >= 15 is 0 Å². The Bertz CT molecular complexity index is 682. The molecule has 0 radical (unpaired) electrons. The number of ether oxygens (including phenoxy) is 3. The van der Waals surface area contributed by atoms with Crippen LogP contribution in [0.4, 0.5) is 0 Å². The lowest BCUT2D eigenvalue weighted by molar-refractivity contribution is -0.150. The Morgan fingerprint density at radius 2 is 1.88 bits per heavy atom. The number of carbonyl (C=O) groups excluding carboxylic acids is 1. The molecule has 25 heavy (non-hydrogen) atoms. The summed E-state index contributed by atoms with van der Waals surface area (Å²) in [5, 5.41) is 9.05. The van der Waals surface area contributed by atoms with Crippen molar-refractivity contribution in [2.24, 2.45) is 5.92 Å². The highest BCUT2D eigenvalue weighted by molar-refractivity contribution is 5.98. The van der Waals surface area contributed by atoms with Gasteiger partial charge in [-0.05, 0) is 43.7 Å². The fourth-order valence-corrected chi connectivity index (χ4v) is 3.93. The van der Waals surface area contributed by atoms with Gasteiger partial charge in [-0.1, -0.05) is 6.07 Å². The minimum absolute atomic E-state index is 0.00365. The second-order valence-electron chi connectivity index (χ2n) is 6.75. The topological polar surface area (TPSA) is 85.3 Å². The smallest absolute Gasteiger partial charge is 0.332 e. The van der Waals surface area contributed by atoms with E-state index in [1.165, 1.54) is 0 Å². The number of amides is 1. The van der Waals surface area contributed by atoms with Gasteiger partial charge >= 0.3 is 5.97 Å². The largest absolute Gasteiger partial charge is 0.479 e. The van der Waals surface area contributed by atoms with E-state index in [0.29, 0.717) is 42.5 Å². The molecule has 1 N–H and O–H groups in total. The fraction of sp³-hybridized carbons (Fsp3) is 0.556. The molecule has 7 nitrogen and oxygen atoms in total. The van der Waals surface area contributed by atoms with Gasteiger partial charge in [-0.2, -0.15) is 0 Å². The van der Waals surface area contributed by atoms with Crippen molar-refractivity contribution in [2.45, 2.75) is 37.9 Å². The van der Waals surface area contributed by atoms with Crippen molar-refractivity contribution >= 4 is 11.9 Å². The van der Waals surface area contributed by atoms with Gasteiger partial charge in [0, 0.05) is 13.1 Å². The van der Waals surface area contributed by atoms with Gasteiger partial charge in [-0.25, -0.2) is 4.79 Å². The third kappa shape index (κ3) is 3.04. The molecule has 3 aliphatic rings. The number of fused-ring (bicyclic) bond motifs is 1. The van der Waals surface area contributed by atoms with E-state index < -0.39 is 12.1 Å². The van der Waals surface area contributed by atoms with Gasteiger partial charge in [-0.15, -0.1) is 0 Å². The molecule has 0 spiro atoms. The summed E-state index contributed by atoms with van der Waals surface area (Å²) >= 11 is 0. The summed E-state index contributed by atoms with van der Waals surface area (Å²) in [4.78, 5) is 25.7. The Morgan fingerprint density at radius 3 is 2.60 bits per heavy atom. The van der Waals surface area contributed by atoms with Gasteiger partial charge in [-0.3, -0.25) is 4.79 Å². The highest BCUT2D eigenvalue weighted by atomic mass is 16.7. The Morgan fingerprint density at radius 1 is 1.08 bits per heavy atom. The SMILES string of the molecule is O=C(O)[C@H]1CC[C@@H](C2CCN(C(=O)c3cccc4c3OCO4)CC2)O1. The molecule has 134 valence electrons. The van der Waals surface area contributed by atoms with E-state index in [9.17, 15) is 9.59 Å². The summed E-state index contributed by atoms with van der Waals surface area (Å²) in [7, 11) is 0. The first kappa shape index (κ1) is 16.2. The number of benzene rings is 1. The predicted molar refractivity (Wildman–Crippen MR) is 86.7 cm³/mol. The average molecular weight is 347 g/mol. The van der Waals surface area contributed by atoms with E-state index in [1.54, 1.807) is 18.2 Å². The van der Waals surface area contributed by atoms with Crippen LogP contribution in [0.15, 0.2) is 18.2 Å². The van der Waals surface area contributed by atoms with E-state index in [1.807, 2.05) is 4.90 Å². The summed E-state index contributed by atoms with van der Waals surface area (Å²) in [5.41, 5.74) is 0.538. The Kier molecular flexibility index (Phi) is 4.25. The number of likely N-dealkylation sites (tertiary alicyclic amines) is 1. The quantitative estimate of drug-likeness (QED) is 0.899. The lowest BCUT2D eigenvalue weighted by Gasteiger charge is -2.34. The first-order valence-electron chi connectivity index (χ1n) is 8.69. The lowest BCUT2D eigenvalue weighted by atomic mass is 9.89. The maximum atomic E-state index is 12.8. The number of carboxylic acid groups (broad SMARTS) is 1. The highest BCUT2D eigenvalue weighted by Gasteiger charge is 2.37. The van der Waals surface area contributed by atoms with Gasteiger partial charge in [0.05, 0.1) is 11.7 Å². The predicted octanol–water partition coefficient (Wildman–Crippen LogP) is 1.90. The van der Waals surface area contributed by atoms with Crippen LogP contribution >= 0.6 is 0 Å². The molecule has 0 saturated carbocycles. The van der Waals surface area contributed by atoms with Gasteiger partial charge in [0.2, 0.25) is 6.79 Å². The van der Waals surface area contributed by atoms with Crippen LogP contribution in [0.25, 0.3) is 0 Å². The van der Waals surface area contributed by atoms with Crippen LogP contribution in [-0.4, -0.2) is 54.0 Å².